The summed E-state index contributed by atoms with van der Waals surface area (Å²) >= 11 is 2.71. The summed E-state index contributed by atoms with van der Waals surface area (Å²) in [4.78, 5) is 29.0. The molecule has 1 heterocycles. The minimum atomic E-state index is -0.927. The number of nitrogens with zero attached hydrogens (tertiary/aromatic N) is 2. The Hall–Kier alpha value is -1.08. The van der Waals surface area contributed by atoms with Gasteiger partial charge in [0.25, 0.3) is 0 Å². The Labute approximate surface area is 127 Å². The topological polar surface area (TPSA) is 70.5 Å². The van der Waals surface area contributed by atoms with Crippen molar-refractivity contribution < 1.29 is 14.7 Å². The van der Waals surface area contributed by atoms with E-state index in [9.17, 15) is 9.59 Å². The maximum atomic E-state index is 11.8. The summed E-state index contributed by atoms with van der Waals surface area (Å²) in [7, 11) is 0. The number of aromatic nitrogens is 1. The normalized spacial score (nSPS) is 10.6. The molecule has 7 heteroatoms. The number of aryl methyl sites for hydroxylation is 1. The molecule has 1 rings (SSSR count). The monoisotopic (exact) mass is 316 g/mol. The number of hydrogen-bond acceptors (Lipinski definition) is 5. The van der Waals surface area contributed by atoms with Gasteiger partial charge in [0.1, 0.15) is 4.88 Å². The summed E-state index contributed by atoms with van der Waals surface area (Å²) < 4.78 is 0.759. The first-order valence-corrected chi connectivity index (χ1v) is 8.41. The third kappa shape index (κ3) is 4.79. The number of hydrogen-bond donors (Lipinski definition) is 1. The van der Waals surface area contributed by atoms with E-state index in [4.69, 9.17) is 5.11 Å². The van der Waals surface area contributed by atoms with Crippen molar-refractivity contribution in [3.8, 4) is 0 Å². The van der Waals surface area contributed by atoms with Gasteiger partial charge in [-0.1, -0.05) is 11.8 Å². The van der Waals surface area contributed by atoms with Crippen molar-refractivity contribution >= 4 is 35.0 Å². The fourth-order valence-corrected chi connectivity index (χ4v) is 3.79. The van der Waals surface area contributed by atoms with Gasteiger partial charge in [-0.3, -0.25) is 4.79 Å². The molecule has 0 radical (unpaired) electrons. The average Bonchev–Trinajstić information content (AvgIpc) is 2.77. The summed E-state index contributed by atoms with van der Waals surface area (Å²) in [6, 6.07) is 0. The van der Waals surface area contributed by atoms with Crippen molar-refractivity contribution in [1.82, 2.24) is 9.88 Å². The highest BCUT2D eigenvalue weighted by Crippen LogP contribution is 2.27. The number of amides is 1. The largest absolute Gasteiger partial charge is 0.477 e. The van der Waals surface area contributed by atoms with Gasteiger partial charge in [0.05, 0.1) is 5.69 Å². The molecular formula is C13H20N2O3S2. The van der Waals surface area contributed by atoms with E-state index in [1.165, 1.54) is 23.1 Å². The lowest BCUT2D eigenvalue weighted by atomic mass is 10.3. The molecule has 0 bridgehead atoms. The molecule has 0 unspecified atom stereocenters. The van der Waals surface area contributed by atoms with E-state index in [1.807, 2.05) is 18.7 Å². The van der Waals surface area contributed by atoms with Crippen LogP contribution in [0.2, 0.25) is 0 Å². The van der Waals surface area contributed by atoms with Crippen LogP contribution in [0, 0.1) is 6.92 Å². The molecule has 0 saturated carbocycles. The van der Waals surface area contributed by atoms with Crippen molar-refractivity contribution in [2.24, 2.45) is 0 Å². The Morgan fingerprint density at radius 1 is 1.35 bits per heavy atom. The van der Waals surface area contributed by atoms with Crippen LogP contribution in [0.3, 0.4) is 0 Å². The Balaban J connectivity index is 2.36. The fourth-order valence-electron chi connectivity index (χ4n) is 1.75. The van der Waals surface area contributed by atoms with E-state index >= 15 is 0 Å². The zero-order valence-corrected chi connectivity index (χ0v) is 13.6. The first-order chi connectivity index (χ1) is 9.49. The molecule has 0 aliphatic carbocycles. The third-order valence-electron chi connectivity index (χ3n) is 2.85. The molecule has 1 aromatic rings. The van der Waals surface area contributed by atoms with Crippen LogP contribution in [0.15, 0.2) is 4.34 Å². The number of rotatable bonds is 8. The van der Waals surface area contributed by atoms with Crippen LogP contribution in [-0.4, -0.2) is 45.7 Å². The maximum Gasteiger partial charge on any atom is 0.347 e. The van der Waals surface area contributed by atoms with Gasteiger partial charge in [-0.15, -0.1) is 11.3 Å². The highest BCUT2D eigenvalue weighted by Gasteiger charge is 2.14. The van der Waals surface area contributed by atoms with Gasteiger partial charge in [-0.2, -0.15) is 0 Å². The molecule has 0 aromatic carbocycles. The Morgan fingerprint density at radius 3 is 2.50 bits per heavy atom. The Bertz CT molecular complexity index is 470. The van der Waals surface area contributed by atoms with E-state index < -0.39 is 5.97 Å². The number of aromatic carboxylic acids is 1. The molecule has 112 valence electrons. The summed E-state index contributed by atoms with van der Waals surface area (Å²) in [5, 5.41) is 8.95. The predicted octanol–water partition coefficient (Wildman–Crippen LogP) is 2.89. The lowest BCUT2D eigenvalue weighted by Crippen LogP contribution is -2.30. The van der Waals surface area contributed by atoms with E-state index in [0.717, 1.165) is 29.6 Å². The minimum Gasteiger partial charge on any atom is -0.477 e. The molecule has 1 N–H and O–H groups in total. The molecule has 0 aliphatic heterocycles. The van der Waals surface area contributed by atoms with Crippen molar-refractivity contribution in [3.63, 3.8) is 0 Å². The first-order valence-electron chi connectivity index (χ1n) is 6.60. The van der Waals surface area contributed by atoms with Gasteiger partial charge < -0.3 is 10.0 Å². The zero-order chi connectivity index (χ0) is 15.1. The van der Waals surface area contributed by atoms with Crippen molar-refractivity contribution in [3.05, 3.63) is 10.6 Å². The van der Waals surface area contributed by atoms with Crippen LogP contribution >= 0.6 is 23.1 Å². The molecule has 0 aliphatic rings. The highest BCUT2D eigenvalue weighted by atomic mass is 32.2. The number of carboxylic acid groups (broad SMARTS) is 1. The Kier molecular flexibility index (Phi) is 7.01. The van der Waals surface area contributed by atoms with Gasteiger partial charge in [0.2, 0.25) is 5.91 Å². The summed E-state index contributed by atoms with van der Waals surface area (Å²) in [6.07, 6.45) is 1.31. The van der Waals surface area contributed by atoms with Crippen molar-refractivity contribution in [2.45, 2.75) is 38.0 Å². The zero-order valence-electron chi connectivity index (χ0n) is 12.0. The number of carbonyl (C=O) groups is 2. The highest BCUT2D eigenvalue weighted by molar-refractivity contribution is 8.01. The fraction of sp³-hybridized carbons (Fsp3) is 0.615. The standard InChI is InChI=1S/C13H20N2O3S2/c1-4-15(5-2)10(16)7-6-8-19-13-14-9(3)11(20-13)12(17)18/h4-8H2,1-3H3,(H,17,18). The second kappa shape index (κ2) is 8.26. The molecule has 0 fully saturated rings. The second-order valence-electron chi connectivity index (χ2n) is 4.22. The van der Waals surface area contributed by atoms with Gasteiger partial charge >= 0.3 is 5.97 Å². The molecule has 0 spiro atoms. The summed E-state index contributed by atoms with van der Waals surface area (Å²) in [6.45, 7) is 7.14. The van der Waals surface area contributed by atoms with Crippen molar-refractivity contribution in [1.29, 1.82) is 0 Å². The van der Waals surface area contributed by atoms with Crippen LogP contribution in [0.5, 0.6) is 0 Å². The minimum absolute atomic E-state index is 0.178. The van der Waals surface area contributed by atoms with E-state index in [0.29, 0.717) is 17.0 Å². The smallest absolute Gasteiger partial charge is 0.347 e. The molecule has 0 atom stereocenters. The number of carbonyl (C=O) groups excluding carboxylic acids is 1. The SMILES string of the molecule is CCN(CC)C(=O)CCCSc1nc(C)c(C(=O)O)s1. The first kappa shape index (κ1) is 17.0. The van der Waals surface area contributed by atoms with Crippen LogP contribution in [0.4, 0.5) is 0 Å². The predicted molar refractivity (Wildman–Crippen MR) is 81.7 cm³/mol. The van der Waals surface area contributed by atoms with E-state index in [-0.39, 0.29) is 5.91 Å². The van der Waals surface area contributed by atoms with Gasteiger partial charge in [0, 0.05) is 25.3 Å². The van der Waals surface area contributed by atoms with Gasteiger partial charge in [-0.05, 0) is 27.2 Å². The summed E-state index contributed by atoms with van der Waals surface area (Å²) in [5.41, 5.74) is 0.559. The van der Waals surface area contributed by atoms with Crippen LogP contribution in [0.25, 0.3) is 0 Å². The molecule has 5 nitrogen and oxygen atoms in total. The Morgan fingerprint density at radius 2 is 2.00 bits per heavy atom. The third-order valence-corrected chi connectivity index (χ3v) is 5.22. The average molecular weight is 316 g/mol. The number of thioether (sulfide) groups is 1. The van der Waals surface area contributed by atoms with Crippen LogP contribution in [0.1, 0.15) is 42.1 Å². The lowest BCUT2D eigenvalue weighted by molar-refractivity contribution is -0.130. The van der Waals surface area contributed by atoms with Crippen LogP contribution in [-0.2, 0) is 4.79 Å². The summed E-state index contributed by atoms with van der Waals surface area (Å²) in [5.74, 6) is 0.0275. The maximum absolute atomic E-state index is 11.8. The van der Waals surface area contributed by atoms with Gasteiger partial charge in [0.15, 0.2) is 4.34 Å². The molecule has 1 aromatic heterocycles. The van der Waals surface area contributed by atoms with Crippen LogP contribution < -0.4 is 0 Å². The van der Waals surface area contributed by atoms with Crippen molar-refractivity contribution in [2.75, 3.05) is 18.8 Å². The van der Waals surface area contributed by atoms with E-state index in [1.54, 1.807) is 6.92 Å². The molecule has 20 heavy (non-hydrogen) atoms. The quantitative estimate of drug-likeness (QED) is 0.590. The van der Waals surface area contributed by atoms with Gasteiger partial charge in [-0.25, -0.2) is 9.78 Å². The molecule has 0 saturated heterocycles. The number of carboxylic acids is 1. The lowest BCUT2D eigenvalue weighted by Gasteiger charge is -2.18. The molecule has 1 amide bonds. The molecular weight excluding hydrogens is 296 g/mol. The second-order valence-corrected chi connectivity index (χ2v) is 6.56. The number of thiazole rings is 1. The van der Waals surface area contributed by atoms with E-state index in [2.05, 4.69) is 4.98 Å².